The van der Waals surface area contributed by atoms with Crippen molar-refractivity contribution in [2.24, 2.45) is 7.05 Å². The molecular weight excluding hydrogens is 283 g/mol. The maximum absolute atomic E-state index is 12.7. The first-order valence-corrected chi connectivity index (χ1v) is 6.64. The lowest BCUT2D eigenvalue weighted by Gasteiger charge is -2.00. The highest BCUT2D eigenvalue weighted by molar-refractivity contribution is 6.01. The largest absolute Gasteiger partial charge is 0.307 e. The molecule has 0 bridgehead atoms. The number of hydrogen-bond acceptors (Lipinski definition) is 3. The van der Waals surface area contributed by atoms with Crippen LogP contribution in [-0.4, -0.2) is 20.7 Å². The summed E-state index contributed by atoms with van der Waals surface area (Å²) in [6.45, 7) is 0. The van der Waals surface area contributed by atoms with E-state index in [0.717, 1.165) is 22.7 Å². The van der Waals surface area contributed by atoms with Crippen molar-refractivity contribution in [3.63, 3.8) is 0 Å². The van der Waals surface area contributed by atoms with Gasteiger partial charge in [-0.15, -0.1) is 0 Å². The zero-order chi connectivity index (χ0) is 15.5. The molecule has 2 aromatic heterocycles. The summed E-state index contributed by atoms with van der Waals surface area (Å²) in [4.78, 5) is 15.6. The first kappa shape index (κ1) is 13.9. The predicted molar refractivity (Wildman–Crippen MR) is 82.6 cm³/mol. The molecule has 0 atom stereocenters. The number of rotatable bonds is 3. The van der Waals surface area contributed by atoms with Crippen LogP contribution in [0.25, 0.3) is 17.0 Å². The number of nitrogens with zero attached hydrogens (tertiary/aromatic N) is 3. The average Bonchev–Trinajstić information content (AvgIpc) is 2.88. The molecule has 1 N–H and O–H groups in total. The Morgan fingerprint density at radius 3 is 2.91 bits per heavy atom. The van der Waals surface area contributed by atoms with Gasteiger partial charge in [-0.2, -0.15) is 5.10 Å². The Balaban J connectivity index is 1.71. The maximum Gasteiger partial charge on any atom is 0.249 e. The van der Waals surface area contributed by atoms with Gasteiger partial charge in [-0.1, -0.05) is 6.07 Å². The fourth-order valence-electron chi connectivity index (χ4n) is 2.08. The van der Waals surface area contributed by atoms with Crippen LogP contribution in [0.1, 0.15) is 5.56 Å². The van der Waals surface area contributed by atoms with Gasteiger partial charge in [0.05, 0.1) is 17.9 Å². The molecule has 1 amide bonds. The van der Waals surface area contributed by atoms with Crippen molar-refractivity contribution in [2.45, 2.75) is 0 Å². The van der Waals surface area contributed by atoms with Gasteiger partial charge in [-0.05, 0) is 35.9 Å². The molecule has 0 aliphatic rings. The third kappa shape index (κ3) is 3.01. The van der Waals surface area contributed by atoms with Gasteiger partial charge < -0.3 is 5.32 Å². The minimum absolute atomic E-state index is 0.304. The van der Waals surface area contributed by atoms with Gasteiger partial charge in [0.15, 0.2) is 0 Å². The van der Waals surface area contributed by atoms with Crippen molar-refractivity contribution in [3.8, 4) is 0 Å². The summed E-state index contributed by atoms with van der Waals surface area (Å²) in [7, 11) is 1.88. The van der Waals surface area contributed by atoms with E-state index in [1.54, 1.807) is 17.0 Å². The lowest BCUT2D eigenvalue weighted by molar-refractivity contribution is -0.111. The highest BCUT2D eigenvalue weighted by Gasteiger charge is 2.01. The molecule has 0 spiro atoms. The maximum atomic E-state index is 12.7. The molecular formula is C16H13FN4O. The van der Waals surface area contributed by atoms with E-state index in [1.807, 2.05) is 25.2 Å². The number of carbonyl (C=O) groups excluding carboxylic acids is 1. The standard InChI is InChI=1S/C16H13FN4O/c1-21-14-5-2-11(8-12(14)9-19-21)3-7-16(22)20-15-6-4-13(17)10-18-15/h2-10H,1H3,(H,18,20,22)/b7-3+. The van der Waals surface area contributed by atoms with Crippen LogP contribution in [0.15, 0.2) is 48.8 Å². The summed E-state index contributed by atoms with van der Waals surface area (Å²) < 4.78 is 14.5. The molecule has 0 aliphatic carbocycles. The van der Waals surface area contributed by atoms with Crippen LogP contribution >= 0.6 is 0 Å². The van der Waals surface area contributed by atoms with Gasteiger partial charge in [0.1, 0.15) is 11.6 Å². The van der Waals surface area contributed by atoms with Gasteiger partial charge in [0.25, 0.3) is 0 Å². The summed E-state index contributed by atoms with van der Waals surface area (Å²) in [5.74, 6) is -0.470. The number of fused-ring (bicyclic) bond motifs is 1. The summed E-state index contributed by atoms with van der Waals surface area (Å²) in [5.41, 5.74) is 1.92. The van der Waals surface area contributed by atoms with Gasteiger partial charge in [-0.25, -0.2) is 9.37 Å². The number of pyridine rings is 1. The van der Waals surface area contributed by atoms with E-state index in [0.29, 0.717) is 5.82 Å². The Morgan fingerprint density at radius 1 is 1.27 bits per heavy atom. The molecule has 3 aromatic rings. The Morgan fingerprint density at radius 2 is 2.14 bits per heavy atom. The Kier molecular flexibility index (Phi) is 3.65. The van der Waals surface area contributed by atoms with Gasteiger partial charge in [0.2, 0.25) is 5.91 Å². The van der Waals surface area contributed by atoms with E-state index in [4.69, 9.17) is 0 Å². The lowest BCUT2D eigenvalue weighted by Crippen LogP contribution is -2.08. The van der Waals surface area contributed by atoms with E-state index in [1.165, 1.54) is 18.2 Å². The number of halogens is 1. The van der Waals surface area contributed by atoms with Crippen LogP contribution in [0.3, 0.4) is 0 Å². The van der Waals surface area contributed by atoms with Gasteiger partial charge in [-0.3, -0.25) is 9.48 Å². The zero-order valence-electron chi connectivity index (χ0n) is 11.8. The fraction of sp³-hybridized carbons (Fsp3) is 0.0625. The van der Waals surface area contributed by atoms with E-state index >= 15 is 0 Å². The number of carbonyl (C=O) groups is 1. The number of anilines is 1. The van der Waals surface area contributed by atoms with E-state index < -0.39 is 5.82 Å². The number of amides is 1. The van der Waals surface area contributed by atoms with Gasteiger partial charge in [0, 0.05) is 18.5 Å². The van der Waals surface area contributed by atoms with Crippen LogP contribution < -0.4 is 5.32 Å². The molecule has 0 radical (unpaired) electrons. The molecule has 2 heterocycles. The third-order valence-electron chi connectivity index (χ3n) is 3.18. The molecule has 6 heteroatoms. The normalized spacial score (nSPS) is 11.2. The molecule has 110 valence electrons. The molecule has 0 aliphatic heterocycles. The molecule has 22 heavy (non-hydrogen) atoms. The Bertz CT molecular complexity index is 852. The van der Waals surface area contributed by atoms with E-state index in [9.17, 15) is 9.18 Å². The number of benzene rings is 1. The van der Waals surface area contributed by atoms with Crippen molar-refractivity contribution in [3.05, 3.63) is 60.2 Å². The lowest BCUT2D eigenvalue weighted by atomic mass is 10.1. The topological polar surface area (TPSA) is 59.8 Å². The molecule has 0 saturated heterocycles. The Hall–Kier alpha value is -3.02. The van der Waals surface area contributed by atoms with Crippen molar-refractivity contribution in [1.29, 1.82) is 0 Å². The van der Waals surface area contributed by atoms with Crippen LogP contribution in [0.5, 0.6) is 0 Å². The van der Waals surface area contributed by atoms with Crippen LogP contribution in [0, 0.1) is 5.82 Å². The van der Waals surface area contributed by atoms with Gasteiger partial charge >= 0.3 is 0 Å². The molecule has 3 rings (SSSR count). The predicted octanol–water partition coefficient (Wildman–Crippen LogP) is 2.76. The summed E-state index contributed by atoms with van der Waals surface area (Å²) in [6, 6.07) is 8.44. The fourth-order valence-corrected chi connectivity index (χ4v) is 2.08. The van der Waals surface area contributed by atoms with Crippen LogP contribution in [0.2, 0.25) is 0 Å². The minimum Gasteiger partial charge on any atom is -0.307 e. The minimum atomic E-state index is -0.446. The Labute approximate surface area is 126 Å². The summed E-state index contributed by atoms with van der Waals surface area (Å²) >= 11 is 0. The quantitative estimate of drug-likeness (QED) is 0.756. The monoisotopic (exact) mass is 296 g/mol. The highest BCUT2D eigenvalue weighted by atomic mass is 19.1. The van der Waals surface area contributed by atoms with Crippen molar-refractivity contribution < 1.29 is 9.18 Å². The highest BCUT2D eigenvalue weighted by Crippen LogP contribution is 2.15. The molecule has 5 nitrogen and oxygen atoms in total. The van der Waals surface area contributed by atoms with E-state index in [-0.39, 0.29) is 5.91 Å². The van der Waals surface area contributed by atoms with Crippen LogP contribution in [0.4, 0.5) is 10.2 Å². The van der Waals surface area contributed by atoms with Crippen LogP contribution in [-0.2, 0) is 11.8 Å². The smallest absolute Gasteiger partial charge is 0.249 e. The number of aromatic nitrogens is 3. The first-order valence-electron chi connectivity index (χ1n) is 6.64. The zero-order valence-corrected chi connectivity index (χ0v) is 11.8. The van der Waals surface area contributed by atoms with Crippen molar-refractivity contribution in [1.82, 2.24) is 14.8 Å². The van der Waals surface area contributed by atoms with Crippen molar-refractivity contribution >= 4 is 28.7 Å². The number of aryl methyl sites for hydroxylation is 1. The molecule has 0 saturated carbocycles. The third-order valence-corrected chi connectivity index (χ3v) is 3.18. The second-order valence-corrected chi connectivity index (χ2v) is 4.77. The molecule has 0 unspecified atom stereocenters. The second kappa shape index (κ2) is 5.77. The number of nitrogens with one attached hydrogen (secondary N) is 1. The van der Waals surface area contributed by atoms with Crippen molar-refractivity contribution in [2.75, 3.05) is 5.32 Å². The summed E-state index contributed by atoms with van der Waals surface area (Å²) in [6.07, 6.45) is 5.93. The average molecular weight is 296 g/mol. The second-order valence-electron chi connectivity index (χ2n) is 4.77. The SMILES string of the molecule is Cn1ncc2cc(/C=C/C(=O)Nc3ccc(F)cn3)ccc21. The number of hydrogen-bond donors (Lipinski definition) is 1. The molecule has 0 fully saturated rings. The first-order chi connectivity index (χ1) is 10.6. The molecule has 1 aromatic carbocycles. The summed E-state index contributed by atoms with van der Waals surface area (Å²) in [5, 5.41) is 7.73. The van der Waals surface area contributed by atoms with E-state index in [2.05, 4.69) is 15.4 Å².